The van der Waals surface area contributed by atoms with Gasteiger partial charge in [0.1, 0.15) is 6.54 Å². The summed E-state index contributed by atoms with van der Waals surface area (Å²) in [6, 6.07) is 0.317. The van der Waals surface area contributed by atoms with E-state index in [0.29, 0.717) is 24.1 Å². The Hall–Kier alpha value is -1.89. The third-order valence-electron chi connectivity index (χ3n) is 5.18. The zero-order chi connectivity index (χ0) is 17.5. The number of anilines is 1. The van der Waals surface area contributed by atoms with Gasteiger partial charge in [-0.15, -0.1) is 0 Å². The Labute approximate surface area is 148 Å². The van der Waals surface area contributed by atoms with E-state index in [0.717, 1.165) is 45.2 Å². The summed E-state index contributed by atoms with van der Waals surface area (Å²) in [5, 5.41) is 13.4. The summed E-state index contributed by atoms with van der Waals surface area (Å²) in [5.41, 5.74) is 0.656. The van der Waals surface area contributed by atoms with Crippen molar-refractivity contribution in [2.45, 2.75) is 64.0 Å². The number of amides is 2. The summed E-state index contributed by atoms with van der Waals surface area (Å²) < 4.78 is 1.58. The zero-order valence-corrected chi connectivity index (χ0v) is 14.8. The van der Waals surface area contributed by atoms with E-state index < -0.39 is 0 Å². The van der Waals surface area contributed by atoms with Gasteiger partial charge in [0.25, 0.3) is 0 Å². The molecule has 1 aliphatic carbocycles. The van der Waals surface area contributed by atoms with Crippen LogP contribution in [0.2, 0.25) is 0 Å². The van der Waals surface area contributed by atoms with Crippen molar-refractivity contribution in [2.75, 3.05) is 18.4 Å². The van der Waals surface area contributed by atoms with Crippen molar-refractivity contribution in [3.63, 3.8) is 0 Å². The molecule has 0 atom stereocenters. The number of aromatic nitrogens is 2. The van der Waals surface area contributed by atoms with E-state index in [1.807, 2.05) is 0 Å². The van der Waals surface area contributed by atoms with Crippen LogP contribution in [-0.2, 0) is 16.1 Å². The highest BCUT2D eigenvalue weighted by Crippen LogP contribution is 2.19. The van der Waals surface area contributed by atoms with Gasteiger partial charge in [0, 0.05) is 18.7 Å². The first-order valence-corrected chi connectivity index (χ1v) is 9.51. The molecule has 0 radical (unpaired) electrons. The highest BCUT2D eigenvalue weighted by Gasteiger charge is 2.18. The lowest BCUT2D eigenvalue weighted by atomic mass is 9.93. The predicted molar refractivity (Wildman–Crippen MR) is 96.1 cm³/mol. The molecule has 2 amide bonds. The van der Waals surface area contributed by atoms with Gasteiger partial charge in [-0.1, -0.05) is 12.8 Å². The van der Waals surface area contributed by atoms with Crippen LogP contribution in [0.15, 0.2) is 12.4 Å². The number of hydrogen-bond donors (Lipinski definition) is 3. The number of hydrogen-bond acceptors (Lipinski definition) is 4. The van der Waals surface area contributed by atoms with E-state index in [-0.39, 0.29) is 18.4 Å². The Bertz CT molecular complexity index is 574. The van der Waals surface area contributed by atoms with Gasteiger partial charge in [-0.2, -0.15) is 5.10 Å². The molecule has 3 rings (SSSR count). The number of piperidine rings is 1. The topological polar surface area (TPSA) is 88.1 Å². The maximum Gasteiger partial charge on any atom is 0.241 e. The van der Waals surface area contributed by atoms with Crippen LogP contribution >= 0.6 is 0 Å². The SMILES string of the molecule is O=C(CCC1CCNCC1)Nc1cnn(CC(=O)NC2CCCC2)c1. The molecule has 1 saturated carbocycles. The van der Waals surface area contributed by atoms with Crippen LogP contribution in [0, 0.1) is 5.92 Å². The van der Waals surface area contributed by atoms with Crippen molar-refractivity contribution in [1.29, 1.82) is 0 Å². The lowest BCUT2D eigenvalue weighted by Gasteiger charge is -2.22. The fourth-order valence-corrected chi connectivity index (χ4v) is 3.73. The first-order valence-electron chi connectivity index (χ1n) is 9.51. The van der Waals surface area contributed by atoms with Crippen LogP contribution in [0.4, 0.5) is 5.69 Å². The molecule has 25 heavy (non-hydrogen) atoms. The summed E-state index contributed by atoms with van der Waals surface area (Å²) in [6.07, 6.45) is 11.6. The average molecular weight is 347 g/mol. The molecule has 3 N–H and O–H groups in total. The van der Waals surface area contributed by atoms with Gasteiger partial charge in [0.2, 0.25) is 11.8 Å². The summed E-state index contributed by atoms with van der Waals surface area (Å²) in [5.74, 6) is 0.654. The first-order chi connectivity index (χ1) is 12.2. The highest BCUT2D eigenvalue weighted by molar-refractivity contribution is 5.90. The molecule has 2 heterocycles. The molecule has 1 saturated heterocycles. The second kappa shape index (κ2) is 8.99. The molecule has 7 heteroatoms. The smallest absolute Gasteiger partial charge is 0.241 e. The maximum absolute atomic E-state index is 12.1. The van der Waals surface area contributed by atoms with Gasteiger partial charge in [-0.3, -0.25) is 14.3 Å². The summed E-state index contributed by atoms with van der Waals surface area (Å²) in [6.45, 7) is 2.31. The average Bonchev–Trinajstić information content (AvgIpc) is 3.26. The summed E-state index contributed by atoms with van der Waals surface area (Å²) >= 11 is 0. The maximum atomic E-state index is 12.1. The molecular formula is C18H29N5O2. The predicted octanol–water partition coefficient (Wildman–Crippen LogP) is 1.66. The molecular weight excluding hydrogens is 318 g/mol. The molecule has 2 fully saturated rings. The van der Waals surface area contributed by atoms with E-state index in [9.17, 15) is 9.59 Å². The van der Waals surface area contributed by atoms with Crippen LogP contribution in [0.1, 0.15) is 51.4 Å². The molecule has 1 aromatic rings. The molecule has 0 aromatic carbocycles. The molecule has 138 valence electrons. The van der Waals surface area contributed by atoms with E-state index in [4.69, 9.17) is 0 Å². The zero-order valence-electron chi connectivity index (χ0n) is 14.8. The second-order valence-corrected chi connectivity index (χ2v) is 7.26. The molecule has 1 aromatic heterocycles. The number of carbonyl (C=O) groups excluding carboxylic acids is 2. The third-order valence-corrected chi connectivity index (χ3v) is 5.18. The quantitative estimate of drug-likeness (QED) is 0.700. The van der Waals surface area contributed by atoms with E-state index in [1.165, 1.54) is 12.8 Å². The minimum absolute atomic E-state index is 0.0150. The van der Waals surface area contributed by atoms with Crippen molar-refractivity contribution in [2.24, 2.45) is 5.92 Å². The summed E-state index contributed by atoms with van der Waals surface area (Å²) in [7, 11) is 0. The number of nitrogens with zero attached hydrogens (tertiary/aromatic N) is 2. The van der Waals surface area contributed by atoms with Crippen LogP contribution < -0.4 is 16.0 Å². The number of nitrogens with one attached hydrogen (secondary N) is 3. The van der Waals surface area contributed by atoms with Crippen LogP contribution in [-0.4, -0.2) is 40.7 Å². The minimum Gasteiger partial charge on any atom is -0.352 e. The second-order valence-electron chi connectivity index (χ2n) is 7.26. The molecule has 0 spiro atoms. The highest BCUT2D eigenvalue weighted by atomic mass is 16.2. The van der Waals surface area contributed by atoms with Gasteiger partial charge in [0.15, 0.2) is 0 Å². The van der Waals surface area contributed by atoms with Crippen LogP contribution in [0.5, 0.6) is 0 Å². The van der Waals surface area contributed by atoms with Crippen molar-refractivity contribution in [1.82, 2.24) is 20.4 Å². The minimum atomic E-state index is -0.0150. The van der Waals surface area contributed by atoms with E-state index in [1.54, 1.807) is 17.1 Å². The first kappa shape index (κ1) is 17.9. The number of carbonyl (C=O) groups is 2. The van der Waals surface area contributed by atoms with E-state index >= 15 is 0 Å². The Kier molecular flexibility index (Phi) is 6.44. The van der Waals surface area contributed by atoms with Gasteiger partial charge in [-0.25, -0.2) is 0 Å². The molecule has 0 unspecified atom stereocenters. The molecule has 1 aliphatic heterocycles. The lowest BCUT2D eigenvalue weighted by molar-refractivity contribution is -0.122. The molecule has 7 nitrogen and oxygen atoms in total. The fraction of sp³-hybridized carbons (Fsp3) is 0.722. The van der Waals surface area contributed by atoms with Crippen molar-refractivity contribution >= 4 is 17.5 Å². The van der Waals surface area contributed by atoms with E-state index in [2.05, 4.69) is 21.0 Å². The van der Waals surface area contributed by atoms with Crippen molar-refractivity contribution in [3.8, 4) is 0 Å². The van der Waals surface area contributed by atoms with Crippen molar-refractivity contribution < 1.29 is 9.59 Å². The van der Waals surface area contributed by atoms with Crippen LogP contribution in [0.3, 0.4) is 0 Å². The van der Waals surface area contributed by atoms with Gasteiger partial charge in [-0.05, 0) is 51.1 Å². The summed E-state index contributed by atoms with van der Waals surface area (Å²) in [4.78, 5) is 24.1. The number of rotatable bonds is 7. The van der Waals surface area contributed by atoms with Gasteiger partial charge >= 0.3 is 0 Å². The standard InChI is InChI=1S/C18H29N5O2/c24-17(6-5-14-7-9-19-10-8-14)22-16-11-20-23(12-16)13-18(25)21-15-3-1-2-4-15/h11-12,14-15,19H,1-10,13H2,(H,21,25)(H,22,24). The Morgan fingerprint density at radius 3 is 2.68 bits per heavy atom. The normalized spacial score (nSPS) is 19.0. The van der Waals surface area contributed by atoms with Crippen molar-refractivity contribution in [3.05, 3.63) is 12.4 Å². The van der Waals surface area contributed by atoms with Crippen LogP contribution in [0.25, 0.3) is 0 Å². The largest absolute Gasteiger partial charge is 0.352 e. The Morgan fingerprint density at radius 1 is 1.16 bits per heavy atom. The van der Waals surface area contributed by atoms with Gasteiger partial charge < -0.3 is 16.0 Å². The van der Waals surface area contributed by atoms with Gasteiger partial charge in [0.05, 0.1) is 11.9 Å². The Morgan fingerprint density at radius 2 is 1.92 bits per heavy atom. The molecule has 2 aliphatic rings. The monoisotopic (exact) mass is 347 g/mol. The fourth-order valence-electron chi connectivity index (χ4n) is 3.73. The third kappa shape index (κ3) is 5.85. The molecule has 0 bridgehead atoms. The lowest BCUT2D eigenvalue weighted by Crippen LogP contribution is -2.35. The Balaban J connectivity index is 1.38.